The van der Waals surface area contributed by atoms with Crippen LogP contribution in [0.25, 0.3) is 0 Å². The summed E-state index contributed by atoms with van der Waals surface area (Å²) in [5.74, 6) is 1.60. The minimum Gasteiger partial charge on any atom is -0.0911 e. The Morgan fingerprint density at radius 1 is 1.50 bits per heavy atom. The Morgan fingerprint density at radius 3 is 2.90 bits per heavy atom. The fraction of sp³-hybridized carbons (Fsp3) is 0.600. The highest BCUT2D eigenvalue weighted by molar-refractivity contribution is 5.03. The molecule has 0 amide bonds. The van der Waals surface area contributed by atoms with Crippen molar-refractivity contribution in [3.05, 3.63) is 24.3 Å². The largest absolute Gasteiger partial charge is 0.0911 e. The number of rotatable bonds is 1. The van der Waals surface area contributed by atoms with Crippen LogP contribution < -0.4 is 0 Å². The average Bonchev–Trinajstić information content (AvgIpc) is 1.88. The van der Waals surface area contributed by atoms with E-state index in [0.717, 1.165) is 5.92 Å². The van der Waals surface area contributed by atoms with Crippen molar-refractivity contribution in [3.63, 3.8) is 0 Å². The van der Waals surface area contributed by atoms with Crippen LogP contribution in [0.2, 0.25) is 0 Å². The predicted molar refractivity (Wildman–Crippen MR) is 45.8 cm³/mol. The van der Waals surface area contributed by atoms with Crippen molar-refractivity contribution >= 4 is 0 Å². The summed E-state index contributed by atoms with van der Waals surface area (Å²) in [5, 5.41) is 0. The maximum absolute atomic E-state index is 2.32. The van der Waals surface area contributed by atoms with Gasteiger partial charge in [-0.1, -0.05) is 31.2 Å². The predicted octanol–water partition coefficient (Wildman–Crippen LogP) is 3.16. The molecule has 0 heteroatoms. The maximum Gasteiger partial charge on any atom is -0.00510 e. The Bertz CT molecular complexity index is 142. The van der Waals surface area contributed by atoms with Crippen LogP contribution in [0.3, 0.4) is 0 Å². The number of hydrogen-bond acceptors (Lipinski definition) is 0. The minimum atomic E-state index is 0.716. The fourth-order valence-electron chi connectivity index (χ4n) is 1.51. The Morgan fingerprint density at radius 2 is 2.30 bits per heavy atom. The van der Waals surface area contributed by atoms with E-state index in [9.17, 15) is 0 Å². The van der Waals surface area contributed by atoms with E-state index in [-0.39, 0.29) is 0 Å². The lowest BCUT2D eigenvalue weighted by Gasteiger charge is -2.18. The Balaban J connectivity index is 2.47. The molecule has 0 heterocycles. The highest BCUT2D eigenvalue weighted by Gasteiger charge is 2.10. The molecular formula is C10H16. The molecule has 0 aliphatic heterocycles. The molecule has 10 heavy (non-hydrogen) atoms. The molecule has 0 aromatic heterocycles. The first-order valence-corrected chi connectivity index (χ1v) is 4.12. The summed E-state index contributed by atoms with van der Waals surface area (Å²) >= 11 is 0. The lowest BCUT2D eigenvalue weighted by atomic mass is 9.88. The molecule has 0 spiro atoms. The Hall–Kier alpha value is -0.520. The third-order valence-corrected chi connectivity index (χ3v) is 2.04. The monoisotopic (exact) mass is 136 g/mol. The van der Waals surface area contributed by atoms with Gasteiger partial charge in [-0.2, -0.15) is 0 Å². The molecule has 0 N–H and O–H groups in total. The van der Waals surface area contributed by atoms with Crippen LogP contribution in [0.15, 0.2) is 24.3 Å². The molecule has 0 nitrogen and oxygen atoms in total. The van der Waals surface area contributed by atoms with Crippen molar-refractivity contribution in [1.82, 2.24) is 0 Å². The highest BCUT2D eigenvalue weighted by atomic mass is 14.2. The molecule has 0 aromatic carbocycles. The molecule has 0 bridgehead atoms. The van der Waals surface area contributed by atoms with Crippen molar-refractivity contribution in [2.45, 2.75) is 26.7 Å². The Kier molecular flexibility index (Phi) is 2.73. The fourth-order valence-corrected chi connectivity index (χ4v) is 1.51. The second kappa shape index (κ2) is 3.60. The standard InChI is InChI=1S/C10H16/c1-3-5-10-7-4-6-9(2)8-10/h3-5,7,9-10H,6,8H2,1-2H3/t9-,10?/m1/s1. The lowest BCUT2D eigenvalue weighted by molar-refractivity contribution is 0.473. The van der Waals surface area contributed by atoms with Gasteiger partial charge in [0, 0.05) is 0 Å². The van der Waals surface area contributed by atoms with Crippen LogP contribution in [-0.2, 0) is 0 Å². The van der Waals surface area contributed by atoms with Gasteiger partial charge in [0.2, 0.25) is 0 Å². The maximum atomic E-state index is 2.32. The van der Waals surface area contributed by atoms with E-state index in [1.54, 1.807) is 0 Å². The smallest absolute Gasteiger partial charge is 0.00510 e. The zero-order valence-electron chi connectivity index (χ0n) is 6.88. The van der Waals surface area contributed by atoms with Crippen LogP contribution in [0, 0.1) is 11.8 Å². The summed E-state index contributed by atoms with van der Waals surface area (Å²) in [4.78, 5) is 0. The van der Waals surface area contributed by atoms with Gasteiger partial charge in [-0.15, -0.1) is 0 Å². The molecule has 56 valence electrons. The molecule has 0 radical (unpaired) electrons. The number of hydrogen-bond donors (Lipinski definition) is 0. The molecule has 1 unspecified atom stereocenters. The average molecular weight is 136 g/mol. The molecule has 0 saturated heterocycles. The molecule has 0 aromatic rings. The van der Waals surface area contributed by atoms with Crippen molar-refractivity contribution in [1.29, 1.82) is 0 Å². The van der Waals surface area contributed by atoms with Gasteiger partial charge in [0.15, 0.2) is 0 Å². The van der Waals surface area contributed by atoms with E-state index >= 15 is 0 Å². The van der Waals surface area contributed by atoms with Gasteiger partial charge in [0.25, 0.3) is 0 Å². The van der Waals surface area contributed by atoms with Crippen LogP contribution in [0.4, 0.5) is 0 Å². The van der Waals surface area contributed by atoms with E-state index in [2.05, 4.69) is 38.2 Å². The summed E-state index contributed by atoms with van der Waals surface area (Å²) in [6.45, 7) is 4.41. The van der Waals surface area contributed by atoms with E-state index in [4.69, 9.17) is 0 Å². The quantitative estimate of drug-likeness (QED) is 0.486. The molecule has 1 aliphatic carbocycles. The molecule has 1 rings (SSSR count). The summed E-state index contributed by atoms with van der Waals surface area (Å²) in [7, 11) is 0. The second-order valence-electron chi connectivity index (χ2n) is 3.19. The van der Waals surface area contributed by atoms with Crippen molar-refractivity contribution in [3.8, 4) is 0 Å². The van der Waals surface area contributed by atoms with Gasteiger partial charge in [-0.25, -0.2) is 0 Å². The highest BCUT2D eigenvalue weighted by Crippen LogP contribution is 2.23. The first kappa shape index (κ1) is 7.59. The van der Waals surface area contributed by atoms with Gasteiger partial charge in [0.1, 0.15) is 0 Å². The second-order valence-corrected chi connectivity index (χ2v) is 3.19. The van der Waals surface area contributed by atoms with Crippen LogP contribution in [0.5, 0.6) is 0 Å². The minimum absolute atomic E-state index is 0.716. The molecule has 2 atom stereocenters. The van der Waals surface area contributed by atoms with Crippen LogP contribution in [-0.4, -0.2) is 0 Å². The zero-order chi connectivity index (χ0) is 7.40. The number of allylic oxidation sites excluding steroid dienone is 4. The Labute approximate surface area is 63.6 Å². The van der Waals surface area contributed by atoms with Gasteiger partial charge in [0.05, 0.1) is 0 Å². The molecule has 0 saturated carbocycles. The van der Waals surface area contributed by atoms with Gasteiger partial charge < -0.3 is 0 Å². The summed E-state index contributed by atoms with van der Waals surface area (Å²) in [6.07, 6.45) is 11.7. The van der Waals surface area contributed by atoms with Gasteiger partial charge in [-0.3, -0.25) is 0 Å². The summed E-state index contributed by atoms with van der Waals surface area (Å²) in [6, 6.07) is 0. The topological polar surface area (TPSA) is 0 Å². The van der Waals surface area contributed by atoms with Crippen molar-refractivity contribution in [2.24, 2.45) is 11.8 Å². The van der Waals surface area contributed by atoms with E-state index in [0.29, 0.717) is 5.92 Å². The molecular weight excluding hydrogens is 120 g/mol. The molecule has 1 aliphatic rings. The summed E-state index contributed by atoms with van der Waals surface area (Å²) in [5.41, 5.74) is 0. The van der Waals surface area contributed by atoms with Gasteiger partial charge in [-0.05, 0) is 31.6 Å². The van der Waals surface area contributed by atoms with Gasteiger partial charge >= 0.3 is 0 Å². The van der Waals surface area contributed by atoms with Crippen LogP contribution in [0.1, 0.15) is 26.7 Å². The molecule has 0 fully saturated rings. The third kappa shape index (κ3) is 2.02. The van der Waals surface area contributed by atoms with E-state index < -0.39 is 0 Å². The third-order valence-electron chi connectivity index (χ3n) is 2.04. The zero-order valence-corrected chi connectivity index (χ0v) is 6.88. The van der Waals surface area contributed by atoms with E-state index in [1.807, 2.05) is 0 Å². The first-order chi connectivity index (χ1) is 4.83. The van der Waals surface area contributed by atoms with Crippen molar-refractivity contribution in [2.75, 3.05) is 0 Å². The summed E-state index contributed by atoms with van der Waals surface area (Å²) < 4.78 is 0. The first-order valence-electron chi connectivity index (χ1n) is 4.12. The lowest BCUT2D eigenvalue weighted by Crippen LogP contribution is -2.05. The van der Waals surface area contributed by atoms with E-state index in [1.165, 1.54) is 12.8 Å². The van der Waals surface area contributed by atoms with Crippen molar-refractivity contribution < 1.29 is 0 Å². The SMILES string of the molecule is CC=CC1C=CC[C@@H](C)C1. The normalized spacial score (nSPS) is 33.4. The van der Waals surface area contributed by atoms with Crippen LogP contribution >= 0.6 is 0 Å².